The van der Waals surface area contributed by atoms with Crippen molar-refractivity contribution >= 4 is 11.8 Å². The molecule has 0 fully saturated rings. The van der Waals surface area contributed by atoms with Crippen LogP contribution in [0.5, 0.6) is 0 Å². The maximum absolute atomic E-state index is 14.7. The normalized spacial score (nSPS) is 20.4. The second-order valence-corrected chi connectivity index (χ2v) is 8.67. The highest BCUT2D eigenvalue weighted by Crippen LogP contribution is 2.61. The molecule has 1 aliphatic heterocycles. The van der Waals surface area contributed by atoms with E-state index in [9.17, 15) is 66.7 Å². The highest BCUT2D eigenvalue weighted by molar-refractivity contribution is 6.13. The van der Waals surface area contributed by atoms with E-state index in [0.29, 0.717) is 18.2 Å². The van der Waals surface area contributed by atoms with Gasteiger partial charge in [0.05, 0.1) is 5.41 Å². The molecule has 2 amide bonds. The summed E-state index contributed by atoms with van der Waals surface area (Å²) in [5.41, 5.74) is -4.17. The van der Waals surface area contributed by atoms with Crippen LogP contribution in [0.25, 0.3) is 0 Å². The topological polar surface area (TPSA) is 37.4 Å². The highest BCUT2D eigenvalue weighted by Gasteiger charge is 2.91. The Hall–Kier alpha value is -2.55. The van der Waals surface area contributed by atoms with Crippen molar-refractivity contribution in [3.63, 3.8) is 0 Å². The number of amides is 2. The van der Waals surface area contributed by atoms with E-state index in [-0.39, 0.29) is 6.42 Å². The number of halogens is 13. The van der Waals surface area contributed by atoms with Crippen LogP contribution in [-0.4, -0.2) is 59.0 Å². The van der Waals surface area contributed by atoms with Crippen LogP contribution in [0.3, 0.4) is 0 Å². The summed E-state index contributed by atoms with van der Waals surface area (Å²) in [4.78, 5) is 26.0. The van der Waals surface area contributed by atoms with E-state index >= 15 is 0 Å². The van der Waals surface area contributed by atoms with Gasteiger partial charge in [-0.3, -0.25) is 14.5 Å². The Labute approximate surface area is 200 Å². The van der Waals surface area contributed by atoms with Gasteiger partial charge < -0.3 is 0 Å². The minimum Gasteiger partial charge on any atom is -0.278 e. The van der Waals surface area contributed by atoms with Gasteiger partial charge in [0.1, 0.15) is 0 Å². The number of nitrogens with zero attached hydrogens (tertiary/aromatic N) is 1. The van der Waals surface area contributed by atoms with E-state index in [1.807, 2.05) is 0 Å². The summed E-state index contributed by atoms with van der Waals surface area (Å²) in [6, 6.07) is 4.01. The molecule has 210 valence electrons. The summed E-state index contributed by atoms with van der Waals surface area (Å²) in [5, 5.41) is 0. The first-order valence-electron chi connectivity index (χ1n) is 10.4. The van der Waals surface area contributed by atoms with Gasteiger partial charge in [0.25, 0.3) is 5.91 Å². The third-order valence-corrected chi connectivity index (χ3v) is 6.02. The van der Waals surface area contributed by atoms with Gasteiger partial charge in [0.2, 0.25) is 5.91 Å². The predicted octanol–water partition coefficient (Wildman–Crippen LogP) is 6.86. The summed E-state index contributed by atoms with van der Waals surface area (Å²) in [7, 11) is 0. The molecule has 0 aliphatic carbocycles. The van der Waals surface area contributed by atoms with Gasteiger partial charge in [-0.15, -0.1) is 0 Å². The number of rotatable bonds is 9. The van der Waals surface area contributed by atoms with Gasteiger partial charge >= 0.3 is 35.8 Å². The molecule has 0 saturated carbocycles. The lowest BCUT2D eigenvalue weighted by Crippen LogP contribution is -2.70. The van der Waals surface area contributed by atoms with Gasteiger partial charge in [0, 0.05) is 18.5 Å². The lowest BCUT2D eigenvalue weighted by Gasteiger charge is -2.44. The van der Waals surface area contributed by atoms with Crippen molar-refractivity contribution in [1.82, 2.24) is 4.90 Å². The van der Waals surface area contributed by atoms with E-state index in [2.05, 4.69) is 0 Å². The maximum atomic E-state index is 14.7. The number of benzene rings is 1. The molecule has 1 unspecified atom stereocenters. The second-order valence-electron chi connectivity index (χ2n) is 8.67. The number of carbonyl (C=O) groups excluding carboxylic acids is 2. The van der Waals surface area contributed by atoms with Crippen LogP contribution in [0.1, 0.15) is 49.0 Å². The van der Waals surface area contributed by atoms with E-state index in [1.165, 1.54) is 6.07 Å². The average molecular weight is 563 g/mol. The summed E-state index contributed by atoms with van der Waals surface area (Å²) >= 11 is 0. The molecule has 1 atom stereocenters. The number of hydrogen-bond donors (Lipinski definition) is 0. The first kappa shape index (κ1) is 30.7. The van der Waals surface area contributed by atoms with Gasteiger partial charge in [-0.2, -0.15) is 57.1 Å². The lowest BCUT2D eigenvalue weighted by atomic mass is 9.70. The summed E-state index contributed by atoms with van der Waals surface area (Å²) in [6.45, 7) is 1.65. The zero-order valence-electron chi connectivity index (χ0n) is 18.8. The first-order valence-corrected chi connectivity index (χ1v) is 10.4. The molecule has 0 radical (unpaired) electrons. The van der Waals surface area contributed by atoms with Crippen LogP contribution >= 0.6 is 0 Å². The third kappa shape index (κ3) is 4.33. The van der Waals surface area contributed by atoms with Crippen molar-refractivity contribution < 1.29 is 66.7 Å². The minimum atomic E-state index is -8.04. The Bertz CT molecular complexity index is 1050. The number of fused-ring (bicyclic) bond motifs is 1. The molecule has 3 nitrogen and oxygen atoms in total. The number of alkyl halides is 13. The molecule has 2 rings (SSSR count). The van der Waals surface area contributed by atoms with Gasteiger partial charge in [-0.1, -0.05) is 31.5 Å². The maximum Gasteiger partial charge on any atom is 0.460 e. The van der Waals surface area contributed by atoms with Crippen LogP contribution in [0.15, 0.2) is 24.3 Å². The first-order chi connectivity index (χ1) is 16.5. The van der Waals surface area contributed by atoms with Crippen LogP contribution < -0.4 is 0 Å². The molecular formula is C21H18F13NO2. The Morgan fingerprint density at radius 1 is 0.757 bits per heavy atom. The minimum absolute atomic E-state index is 0.0824. The standard InChI is InChI=1S/C21H18F13NO2/c1-3-4-9-35-13(36)11-7-5-6-8-12(11)15(2,14(35)37)10-16(22,23)17(24,25)18(26,27)19(28,29)20(30,31)21(32,33)34/h5-8H,3-4,9-10H2,1-2H3. The molecule has 1 aromatic carbocycles. The van der Waals surface area contributed by atoms with Crippen molar-refractivity contribution in [2.24, 2.45) is 0 Å². The van der Waals surface area contributed by atoms with E-state index < -0.39 is 77.1 Å². The van der Waals surface area contributed by atoms with Crippen molar-refractivity contribution in [2.45, 2.75) is 74.3 Å². The van der Waals surface area contributed by atoms with E-state index in [0.717, 1.165) is 18.2 Å². The zero-order valence-corrected chi connectivity index (χ0v) is 18.8. The Kier molecular flexibility index (Phi) is 7.49. The van der Waals surface area contributed by atoms with Crippen LogP contribution in [-0.2, 0) is 10.2 Å². The average Bonchev–Trinajstić information content (AvgIpc) is 2.76. The van der Waals surface area contributed by atoms with Crippen LogP contribution in [0, 0.1) is 0 Å². The summed E-state index contributed by atoms with van der Waals surface area (Å²) in [5.74, 6) is -40.5. The molecule has 0 bridgehead atoms. The van der Waals surface area contributed by atoms with Gasteiger partial charge in [-0.25, -0.2) is 0 Å². The molecule has 37 heavy (non-hydrogen) atoms. The van der Waals surface area contributed by atoms with Gasteiger partial charge in [-0.05, 0) is 25.0 Å². The third-order valence-electron chi connectivity index (χ3n) is 6.02. The van der Waals surface area contributed by atoms with Crippen molar-refractivity contribution in [3.8, 4) is 0 Å². The van der Waals surface area contributed by atoms with Crippen molar-refractivity contribution in [3.05, 3.63) is 35.4 Å². The molecular weight excluding hydrogens is 545 g/mol. The fourth-order valence-corrected chi connectivity index (χ4v) is 3.85. The van der Waals surface area contributed by atoms with Gasteiger partial charge in [0.15, 0.2) is 0 Å². The largest absolute Gasteiger partial charge is 0.460 e. The van der Waals surface area contributed by atoms with Crippen LogP contribution in [0.4, 0.5) is 57.1 Å². The Balaban J connectivity index is 2.65. The number of unbranched alkanes of at least 4 members (excludes halogenated alkanes) is 1. The number of hydrogen-bond acceptors (Lipinski definition) is 2. The fraction of sp³-hybridized carbons (Fsp3) is 0.619. The molecule has 16 heteroatoms. The monoisotopic (exact) mass is 563 g/mol. The van der Waals surface area contributed by atoms with Crippen molar-refractivity contribution in [1.29, 1.82) is 0 Å². The SMILES string of the molecule is CCCCN1C(=O)c2ccccc2C(C)(CC(F)(F)C(F)(F)C(F)(F)C(F)(F)C(F)(F)C(F)(F)F)C1=O. The smallest absolute Gasteiger partial charge is 0.278 e. The Morgan fingerprint density at radius 2 is 1.24 bits per heavy atom. The van der Waals surface area contributed by atoms with Crippen LogP contribution in [0.2, 0.25) is 0 Å². The molecule has 0 N–H and O–H groups in total. The highest BCUT2D eigenvalue weighted by atomic mass is 19.4. The van der Waals surface area contributed by atoms with Crippen molar-refractivity contribution in [2.75, 3.05) is 6.54 Å². The molecule has 1 aromatic rings. The molecule has 0 aromatic heterocycles. The summed E-state index contributed by atoms with van der Waals surface area (Å²) in [6.07, 6.45) is -9.85. The molecule has 1 heterocycles. The second kappa shape index (κ2) is 9.03. The lowest BCUT2D eigenvalue weighted by molar-refractivity contribution is -0.440. The molecule has 0 spiro atoms. The predicted molar refractivity (Wildman–Crippen MR) is 100 cm³/mol. The Morgan fingerprint density at radius 3 is 1.73 bits per heavy atom. The zero-order chi connectivity index (χ0) is 29.0. The number of imide groups is 1. The fourth-order valence-electron chi connectivity index (χ4n) is 3.85. The van der Waals surface area contributed by atoms with E-state index in [4.69, 9.17) is 0 Å². The number of carbonyl (C=O) groups is 2. The molecule has 0 saturated heterocycles. The van der Waals surface area contributed by atoms with E-state index in [1.54, 1.807) is 6.92 Å². The quantitative estimate of drug-likeness (QED) is 0.243. The molecule has 1 aliphatic rings. The summed E-state index contributed by atoms with van der Waals surface area (Å²) < 4.78 is 176.